The van der Waals surface area contributed by atoms with E-state index >= 15 is 0 Å². The second-order valence-electron chi connectivity index (χ2n) is 11.5. The highest BCUT2D eigenvalue weighted by Gasteiger charge is 2.57. The first-order valence-electron chi connectivity index (χ1n) is 14.3. The number of benzene rings is 2. The average molecular weight is 621 g/mol. The summed E-state index contributed by atoms with van der Waals surface area (Å²) in [6, 6.07) is 7.56. The number of phenols is 1. The van der Waals surface area contributed by atoms with Gasteiger partial charge in [0, 0.05) is 5.56 Å². The fourth-order valence-corrected chi connectivity index (χ4v) is 6.74. The van der Waals surface area contributed by atoms with Crippen molar-refractivity contribution in [1.29, 1.82) is 0 Å². The summed E-state index contributed by atoms with van der Waals surface area (Å²) in [6.07, 6.45) is -7.46. The number of halogens is 6. The summed E-state index contributed by atoms with van der Waals surface area (Å²) in [7, 11) is -1.30. The lowest BCUT2D eigenvalue weighted by molar-refractivity contribution is -0.143. The number of carbonyl (C=O) groups excluding carboxylic acids is 2. The molecule has 44 heavy (non-hydrogen) atoms. The van der Waals surface area contributed by atoms with E-state index in [1.807, 2.05) is 13.0 Å². The topological polar surface area (TPSA) is 87.1 Å². The van der Waals surface area contributed by atoms with Crippen molar-refractivity contribution >= 4 is 30.7 Å². The van der Waals surface area contributed by atoms with Crippen molar-refractivity contribution < 1.29 is 50.7 Å². The Morgan fingerprint density at radius 2 is 1.66 bits per heavy atom. The second kappa shape index (κ2) is 11.7. The van der Waals surface area contributed by atoms with E-state index in [-0.39, 0.29) is 24.6 Å². The van der Waals surface area contributed by atoms with Gasteiger partial charge in [-0.15, -0.1) is 0 Å². The Balaban J connectivity index is 1.45. The SMILES string of the molecule is CC/C(=C\c1ccccc1O)CC[C@H]1OB(O)C[C@H]2C1=C(C)C[C@H]1C(=O)N(c3cc(C(F)(F)F)cc(C(F)(F)F)c3)C(=O)[C@H]12. The average Bonchev–Trinajstić information content (AvgIpc) is 3.19. The van der Waals surface area contributed by atoms with Gasteiger partial charge in [0.15, 0.2) is 0 Å². The third kappa shape index (κ3) is 6.04. The van der Waals surface area contributed by atoms with Crippen LogP contribution >= 0.6 is 0 Å². The zero-order valence-corrected chi connectivity index (χ0v) is 23.9. The van der Waals surface area contributed by atoms with E-state index in [2.05, 4.69) is 0 Å². The number of alkyl halides is 6. The maximum Gasteiger partial charge on any atom is 0.455 e. The molecule has 0 aromatic heterocycles. The first kappa shape index (κ1) is 31.8. The van der Waals surface area contributed by atoms with E-state index in [1.165, 1.54) is 0 Å². The van der Waals surface area contributed by atoms with Crippen LogP contribution in [0.5, 0.6) is 5.75 Å². The minimum absolute atomic E-state index is 0.0526. The van der Waals surface area contributed by atoms with E-state index in [0.29, 0.717) is 41.9 Å². The van der Waals surface area contributed by atoms with Gasteiger partial charge in [0.2, 0.25) is 11.8 Å². The standard InChI is InChI=1S/C31H30BF6NO5/c1-3-17(11-18-6-4-5-7-24(18)40)8-9-25-26-16(2)10-22-27(23(26)15-32(43)44-25)29(42)39(28(22)41)21-13-19(30(33,34)35)12-20(14-21)31(36,37)38/h4-7,11-14,22-23,25,27,40,43H,3,8-10,15H2,1-2H3/b17-11+/t22-,23+,25-,27-/m1/s1. The number of nitrogens with zero attached hydrogens (tertiary/aromatic N) is 1. The summed E-state index contributed by atoms with van der Waals surface area (Å²) in [5, 5.41) is 20.8. The van der Waals surface area contributed by atoms with Crippen LogP contribution in [0, 0.1) is 17.8 Å². The van der Waals surface area contributed by atoms with E-state index < -0.39 is 72.0 Å². The molecule has 0 radical (unpaired) electrons. The van der Waals surface area contributed by atoms with E-state index in [1.54, 1.807) is 31.2 Å². The lowest BCUT2D eigenvalue weighted by Crippen LogP contribution is -2.46. The molecule has 2 aromatic carbocycles. The first-order chi connectivity index (χ1) is 20.6. The fraction of sp³-hybridized carbons (Fsp3) is 0.419. The number of rotatable bonds is 6. The number of fused-ring (bicyclic) bond motifs is 3. The summed E-state index contributed by atoms with van der Waals surface area (Å²) in [4.78, 5) is 27.7. The van der Waals surface area contributed by atoms with Gasteiger partial charge in [-0.25, -0.2) is 4.90 Å². The molecule has 5 rings (SSSR count). The number of carbonyl (C=O) groups is 2. The lowest BCUT2D eigenvalue weighted by Gasteiger charge is -2.42. The van der Waals surface area contributed by atoms with Gasteiger partial charge >= 0.3 is 19.5 Å². The molecule has 0 bridgehead atoms. The molecular formula is C31H30BF6NO5. The number of hydrogen-bond donors (Lipinski definition) is 2. The number of amides is 2. The summed E-state index contributed by atoms with van der Waals surface area (Å²) < 4.78 is 87.2. The molecule has 0 saturated carbocycles. The number of anilines is 1. The van der Waals surface area contributed by atoms with Crippen LogP contribution in [0.4, 0.5) is 32.0 Å². The van der Waals surface area contributed by atoms with Gasteiger partial charge in [-0.1, -0.05) is 42.3 Å². The number of hydrogen-bond acceptors (Lipinski definition) is 5. The van der Waals surface area contributed by atoms with E-state index in [9.17, 15) is 46.1 Å². The summed E-state index contributed by atoms with van der Waals surface area (Å²) >= 11 is 0. The Morgan fingerprint density at radius 1 is 1.02 bits per heavy atom. The molecule has 6 nitrogen and oxygen atoms in total. The highest BCUT2D eigenvalue weighted by atomic mass is 19.4. The third-order valence-electron chi connectivity index (χ3n) is 8.76. The van der Waals surface area contributed by atoms with Crippen LogP contribution in [0.1, 0.15) is 56.2 Å². The van der Waals surface area contributed by atoms with Crippen molar-refractivity contribution in [3.05, 3.63) is 75.9 Å². The Morgan fingerprint density at radius 3 is 2.25 bits per heavy atom. The van der Waals surface area contributed by atoms with Gasteiger partial charge in [0.25, 0.3) is 0 Å². The zero-order chi connectivity index (χ0) is 32.1. The van der Waals surface area contributed by atoms with E-state index in [0.717, 1.165) is 16.7 Å². The smallest absolute Gasteiger partial charge is 0.455 e. The van der Waals surface area contributed by atoms with Crippen LogP contribution in [-0.2, 0) is 26.6 Å². The molecule has 0 unspecified atom stereocenters. The van der Waals surface area contributed by atoms with Crippen LogP contribution in [0.15, 0.2) is 59.2 Å². The van der Waals surface area contributed by atoms with Crippen LogP contribution in [-0.4, -0.2) is 35.2 Å². The molecule has 4 atom stereocenters. The molecule has 13 heteroatoms. The molecule has 2 aliphatic heterocycles. The minimum atomic E-state index is -5.15. The second-order valence-corrected chi connectivity index (χ2v) is 11.5. The van der Waals surface area contributed by atoms with E-state index in [4.69, 9.17) is 4.65 Å². The van der Waals surface area contributed by atoms with Crippen molar-refractivity contribution in [2.75, 3.05) is 4.90 Å². The number of imide groups is 1. The monoisotopic (exact) mass is 621 g/mol. The highest BCUT2D eigenvalue weighted by molar-refractivity contribution is 6.43. The Hall–Kier alpha value is -3.58. The molecule has 234 valence electrons. The van der Waals surface area contributed by atoms with Crippen molar-refractivity contribution in [3.8, 4) is 5.75 Å². The number of phenolic OH excluding ortho intramolecular Hbond substituents is 1. The molecular weight excluding hydrogens is 591 g/mol. The lowest BCUT2D eigenvalue weighted by atomic mass is 9.59. The number of para-hydroxylation sites is 1. The Bertz CT molecular complexity index is 1500. The Kier molecular flexibility index (Phi) is 8.49. The summed E-state index contributed by atoms with van der Waals surface area (Å²) in [6.45, 7) is 3.72. The number of allylic oxidation sites excluding steroid dienone is 2. The van der Waals surface area contributed by atoms with Crippen LogP contribution in [0.3, 0.4) is 0 Å². The molecule has 2 fully saturated rings. The van der Waals surface area contributed by atoms with Gasteiger partial charge in [0.05, 0.1) is 34.8 Å². The molecule has 2 saturated heterocycles. The molecule has 1 aliphatic carbocycles. The van der Waals surface area contributed by atoms with Crippen molar-refractivity contribution in [2.45, 2.75) is 64.3 Å². The quantitative estimate of drug-likeness (QED) is 0.157. The fourth-order valence-electron chi connectivity index (χ4n) is 6.74. The van der Waals surface area contributed by atoms with Gasteiger partial charge in [-0.2, -0.15) is 26.3 Å². The van der Waals surface area contributed by atoms with Gasteiger partial charge < -0.3 is 14.8 Å². The van der Waals surface area contributed by atoms with Crippen molar-refractivity contribution in [3.63, 3.8) is 0 Å². The third-order valence-corrected chi connectivity index (χ3v) is 8.76. The summed E-state index contributed by atoms with van der Waals surface area (Å²) in [5.41, 5.74) is -0.961. The van der Waals surface area contributed by atoms with Crippen LogP contribution in [0.2, 0.25) is 6.32 Å². The van der Waals surface area contributed by atoms with Gasteiger partial charge in [-0.05, 0) is 74.7 Å². The van der Waals surface area contributed by atoms with Crippen LogP contribution < -0.4 is 4.90 Å². The van der Waals surface area contributed by atoms with Gasteiger partial charge in [-0.3, -0.25) is 9.59 Å². The number of aromatic hydroxyl groups is 1. The molecule has 0 spiro atoms. The minimum Gasteiger partial charge on any atom is -0.507 e. The molecule has 2 N–H and O–H groups in total. The molecule has 3 aliphatic rings. The maximum atomic E-state index is 13.8. The Labute approximate surface area is 250 Å². The van der Waals surface area contributed by atoms with Crippen molar-refractivity contribution in [2.24, 2.45) is 17.8 Å². The molecule has 2 amide bonds. The predicted molar refractivity (Wildman–Crippen MR) is 150 cm³/mol. The maximum absolute atomic E-state index is 13.8. The van der Waals surface area contributed by atoms with Crippen LogP contribution in [0.25, 0.3) is 6.08 Å². The van der Waals surface area contributed by atoms with Crippen molar-refractivity contribution in [1.82, 2.24) is 0 Å². The molecule has 2 aromatic rings. The molecule has 2 heterocycles. The predicted octanol–water partition coefficient (Wildman–Crippen LogP) is 7.02. The first-order valence-corrected chi connectivity index (χ1v) is 14.3. The largest absolute Gasteiger partial charge is 0.507 e. The highest BCUT2D eigenvalue weighted by Crippen LogP contribution is 2.52. The summed E-state index contributed by atoms with van der Waals surface area (Å²) in [5.74, 6) is -4.42. The normalized spacial score (nSPS) is 24.6. The van der Waals surface area contributed by atoms with Gasteiger partial charge in [0.1, 0.15) is 5.75 Å². The zero-order valence-electron chi connectivity index (χ0n) is 23.9.